The van der Waals surface area contributed by atoms with Crippen molar-refractivity contribution in [3.8, 4) is 6.07 Å². The fourth-order valence-electron chi connectivity index (χ4n) is 1.37. The lowest BCUT2D eigenvalue weighted by molar-refractivity contribution is 0.370. The van der Waals surface area contributed by atoms with Crippen molar-refractivity contribution in [3.05, 3.63) is 50.1 Å². The molecule has 7 nitrogen and oxygen atoms in total. The van der Waals surface area contributed by atoms with E-state index in [9.17, 15) is 9.59 Å². The summed E-state index contributed by atoms with van der Waals surface area (Å²) in [7, 11) is 0. The van der Waals surface area contributed by atoms with Gasteiger partial charge in [0.2, 0.25) is 0 Å². The van der Waals surface area contributed by atoms with E-state index in [1.165, 1.54) is 10.8 Å². The van der Waals surface area contributed by atoms with Crippen molar-refractivity contribution in [1.29, 1.82) is 5.26 Å². The zero-order valence-electron chi connectivity index (χ0n) is 8.93. The van der Waals surface area contributed by atoms with E-state index in [2.05, 4.69) is 10.1 Å². The standard InChI is InChI=1S/C10H8N4O3/c1-6-2-8(17-13-6)5-14-4-7(3-11)9(15)12-10(14)16/h2,4H,5H2,1H3,(H,12,15,16). The van der Waals surface area contributed by atoms with Crippen molar-refractivity contribution < 1.29 is 4.52 Å². The van der Waals surface area contributed by atoms with Gasteiger partial charge in [-0.25, -0.2) is 4.79 Å². The van der Waals surface area contributed by atoms with Gasteiger partial charge in [0.25, 0.3) is 5.56 Å². The summed E-state index contributed by atoms with van der Waals surface area (Å²) in [5, 5.41) is 12.4. The van der Waals surface area contributed by atoms with Crippen molar-refractivity contribution in [2.24, 2.45) is 0 Å². The second-order valence-corrected chi connectivity index (χ2v) is 3.48. The third-order valence-corrected chi connectivity index (χ3v) is 2.13. The van der Waals surface area contributed by atoms with Crippen LogP contribution in [0.1, 0.15) is 17.0 Å². The molecule has 0 spiro atoms. The summed E-state index contributed by atoms with van der Waals surface area (Å²) in [5.41, 5.74) is -0.718. The second-order valence-electron chi connectivity index (χ2n) is 3.48. The molecule has 0 atom stereocenters. The highest BCUT2D eigenvalue weighted by Gasteiger charge is 2.07. The minimum Gasteiger partial charge on any atom is -0.359 e. The van der Waals surface area contributed by atoms with Crippen molar-refractivity contribution in [1.82, 2.24) is 14.7 Å². The van der Waals surface area contributed by atoms with Gasteiger partial charge in [-0.2, -0.15) is 5.26 Å². The summed E-state index contributed by atoms with van der Waals surface area (Å²) < 4.78 is 6.12. The Balaban J connectivity index is 2.43. The average Bonchev–Trinajstić information content (AvgIpc) is 2.68. The molecule has 0 saturated heterocycles. The molecule has 86 valence electrons. The summed E-state index contributed by atoms with van der Waals surface area (Å²) in [4.78, 5) is 24.7. The molecule has 17 heavy (non-hydrogen) atoms. The van der Waals surface area contributed by atoms with Gasteiger partial charge in [0.05, 0.1) is 12.2 Å². The first-order valence-corrected chi connectivity index (χ1v) is 4.76. The van der Waals surface area contributed by atoms with Crippen LogP contribution in [0, 0.1) is 18.3 Å². The summed E-state index contributed by atoms with van der Waals surface area (Å²) in [6.07, 6.45) is 1.19. The summed E-state index contributed by atoms with van der Waals surface area (Å²) in [6, 6.07) is 3.37. The summed E-state index contributed by atoms with van der Waals surface area (Å²) in [6.45, 7) is 1.87. The molecular formula is C10H8N4O3. The highest BCUT2D eigenvalue weighted by Crippen LogP contribution is 2.03. The van der Waals surface area contributed by atoms with Crippen LogP contribution in [0.2, 0.25) is 0 Å². The number of hydrogen-bond donors (Lipinski definition) is 1. The maximum absolute atomic E-state index is 11.5. The van der Waals surface area contributed by atoms with Crippen LogP contribution in [0.25, 0.3) is 0 Å². The first-order valence-electron chi connectivity index (χ1n) is 4.76. The van der Waals surface area contributed by atoms with Crippen LogP contribution in [0.3, 0.4) is 0 Å². The Labute approximate surface area is 94.9 Å². The molecule has 1 N–H and O–H groups in total. The SMILES string of the molecule is Cc1cc(Cn2cc(C#N)c(=O)[nH]c2=O)on1. The van der Waals surface area contributed by atoms with E-state index in [0.717, 1.165) is 0 Å². The van der Waals surface area contributed by atoms with Crippen LogP contribution < -0.4 is 11.2 Å². The molecule has 0 fully saturated rings. The van der Waals surface area contributed by atoms with Crippen molar-refractivity contribution in [2.75, 3.05) is 0 Å². The van der Waals surface area contributed by atoms with Crippen LogP contribution in [0.15, 0.2) is 26.4 Å². The Morgan fingerprint density at radius 1 is 1.59 bits per heavy atom. The molecule has 0 aliphatic heterocycles. The number of rotatable bonds is 2. The van der Waals surface area contributed by atoms with Gasteiger partial charge >= 0.3 is 5.69 Å². The molecule has 2 aromatic heterocycles. The molecule has 0 aromatic carbocycles. The van der Waals surface area contributed by atoms with Crippen molar-refractivity contribution in [2.45, 2.75) is 13.5 Å². The van der Waals surface area contributed by atoms with E-state index in [1.807, 2.05) is 0 Å². The molecule has 2 heterocycles. The quantitative estimate of drug-likeness (QED) is 0.768. The van der Waals surface area contributed by atoms with Crippen molar-refractivity contribution in [3.63, 3.8) is 0 Å². The van der Waals surface area contributed by atoms with Gasteiger partial charge in [-0.3, -0.25) is 14.3 Å². The lowest BCUT2D eigenvalue weighted by Crippen LogP contribution is -2.31. The third kappa shape index (κ3) is 2.15. The zero-order chi connectivity index (χ0) is 12.4. The topological polar surface area (TPSA) is 105 Å². The van der Waals surface area contributed by atoms with Crippen LogP contribution in [-0.2, 0) is 6.54 Å². The Kier molecular flexibility index (Phi) is 2.62. The molecule has 2 aromatic rings. The molecule has 0 aliphatic rings. The zero-order valence-corrected chi connectivity index (χ0v) is 8.93. The van der Waals surface area contributed by atoms with Crippen LogP contribution >= 0.6 is 0 Å². The van der Waals surface area contributed by atoms with Gasteiger partial charge in [-0.1, -0.05) is 5.16 Å². The van der Waals surface area contributed by atoms with Gasteiger partial charge in [0.1, 0.15) is 11.6 Å². The van der Waals surface area contributed by atoms with Crippen LogP contribution in [0.5, 0.6) is 0 Å². The molecule has 2 rings (SSSR count). The number of aromatic nitrogens is 3. The van der Waals surface area contributed by atoms with Gasteiger partial charge in [0, 0.05) is 12.3 Å². The number of nitrogens with zero attached hydrogens (tertiary/aromatic N) is 3. The lowest BCUT2D eigenvalue weighted by atomic mass is 10.3. The van der Waals surface area contributed by atoms with E-state index in [-0.39, 0.29) is 12.1 Å². The highest BCUT2D eigenvalue weighted by molar-refractivity contribution is 5.22. The number of hydrogen-bond acceptors (Lipinski definition) is 5. The number of H-pyrrole nitrogens is 1. The monoisotopic (exact) mass is 232 g/mol. The highest BCUT2D eigenvalue weighted by atomic mass is 16.5. The molecule has 0 radical (unpaired) electrons. The maximum Gasteiger partial charge on any atom is 0.328 e. The normalized spacial score (nSPS) is 10.1. The Hall–Kier alpha value is -2.62. The minimum absolute atomic E-state index is 0.116. The predicted molar refractivity (Wildman–Crippen MR) is 56.4 cm³/mol. The average molecular weight is 232 g/mol. The number of aromatic amines is 1. The van der Waals surface area contributed by atoms with Gasteiger partial charge in [0.15, 0.2) is 5.76 Å². The van der Waals surface area contributed by atoms with E-state index in [4.69, 9.17) is 9.78 Å². The van der Waals surface area contributed by atoms with E-state index < -0.39 is 11.2 Å². The maximum atomic E-state index is 11.5. The second kappa shape index (κ2) is 4.09. The van der Waals surface area contributed by atoms with Crippen molar-refractivity contribution >= 4 is 0 Å². The molecule has 0 bridgehead atoms. The van der Waals surface area contributed by atoms with E-state index in [0.29, 0.717) is 11.5 Å². The Morgan fingerprint density at radius 3 is 2.94 bits per heavy atom. The third-order valence-electron chi connectivity index (χ3n) is 2.13. The molecule has 0 unspecified atom stereocenters. The van der Waals surface area contributed by atoms with Crippen LogP contribution in [0.4, 0.5) is 0 Å². The number of nitriles is 1. The number of nitrogens with one attached hydrogen (secondary N) is 1. The fourth-order valence-corrected chi connectivity index (χ4v) is 1.37. The molecule has 0 amide bonds. The fraction of sp³-hybridized carbons (Fsp3) is 0.200. The molecular weight excluding hydrogens is 224 g/mol. The largest absolute Gasteiger partial charge is 0.359 e. The minimum atomic E-state index is -0.692. The molecule has 7 heteroatoms. The lowest BCUT2D eigenvalue weighted by Gasteiger charge is -2.01. The van der Waals surface area contributed by atoms with E-state index >= 15 is 0 Å². The predicted octanol–water partition coefficient (Wildman–Crippen LogP) is -0.247. The Bertz CT molecular complexity index is 701. The smallest absolute Gasteiger partial charge is 0.328 e. The first kappa shape index (κ1) is 10.9. The summed E-state index contributed by atoms with van der Waals surface area (Å²) in [5.74, 6) is 0.473. The molecule has 0 saturated carbocycles. The number of aryl methyl sites for hydroxylation is 1. The summed E-state index contributed by atoms with van der Waals surface area (Å²) >= 11 is 0. The first-order chi connectivity index (χ1) is 8.10. The van der Waals surface area contributed by atoms with Gasteiger partial charge < -0.3 is 4.52 Å². The molecule has 0 aliphatic carbocycles. The van der Waals surface area contributed by atoms with Crippen LogP contribution in [-0.4, -0.2) is 14.7 Å². The Morgan fingerprint density at radius 2 is 2.35 bits per heavy atom. The van der Waals surface area contributed by atoms with Gasteiger partial charge in [-0.15, -0.1) is 0 Å². The van der Waals surface area contributed by atoms with Gasteiger partial charge in [-0.05, 0) is 6.92 Å². The van der Waals surface area contributed by atoms with E-state index in [1.54, 1.807) is 19.1 Å².